The lowest BCUT2D eigenvalue weighted by atomic mass is 10.0. The van der Waals surface area contributed by atoms with Crippen LogP contribution in [0, 0.1) is 23.5 Å². The molecule has 2 saturated carbocycles. The Balaban J connectivity index is 1.49. The van der Waals surface area contributed by atoms with Crippen LogP contribution in [0.3, 0.4) is 0 Å². The van der Waals surface area contributed by atoms with Crippen molar-refractivity contribution in [2.75, 3.05) is 13.1 Å². The first-order valence-electron chi connectivity index (χ1n) is 8.12. The first-order chi connectivity index (χ1) is 10.2. The highest BCUT2D eigenvalue weighted by molar-refractivity contribution is 5.18. The molecule has 2 atom stereocenters. The van der Waals surface area contributed by atoms with Gasteiger partial charge >= 0.3 is 0 Å². The summed E-state index contributed by atoms with van der Waals surface area (Å²) in [6, 6.07) is 5.47. The molecule has 0 aromatic heterocycles. The number of halogens is 2. The van der Waals surface area contributed by atoms with Crippen molar-refractivity contribution in [2.24, 2.45) is 11.8 Å². The van der Waals surface area contributed by atoms with Gasteiger partial charge in [-0.3, -0.25) is 4.90 Å². The molecule has 1 N–H and O–H groups in total. The Kier molecular flexibility index (Phi) is 3.46. The standard InChI is InChI=1S/C17H22F2N2/c18-14-6-1-11(7-15(14)19)9-21-10-16(12-2-3-12)20-8-17(21)13-4-5-13/h1,6-7,12-13,16-17,20H,2-5,8-10H2. The van der Waals surface area contributed by atoms with Crippen LogP contribution in [0.5, 0.6) is 0 Å². The maximum atomic E-state index is 13.4. The second kappa shape index (κ2) is 5.33. The maximum Gasteiger partial charge on any atom is 0.159 e. The predicted octanol–water partition coefficient (Wildman–Crippen LogP) is 2.93. The molecule has 21 heavy (non-hydrogen) atoms. The highest BCUT2D eigenvalue weighted by Gasteiger charge is 2.42. The largest absolute Gasteiger partial charge is 0.311 e. The minimum absolute atomic E-state index is 0.563. The Labute approximate surface area is 124 Å². The lowest BCUT2D eigenvalue weighted by molar-refractivity contribution is 0.100. The molecule has 3 fully saturated rings. The van der Waals surface area contributed by atoms with E-state index in [2.05, 4.69) is 10.2 Å². The third-order valence-corrected chi connectivity index (χ3v) is 5.22. The second-order valence-corrected chi connectivity index (χ2v) is 6.93. The number of piperazine rings is 1. The zero-order valence-corrected chi connectivity index (χ0v) is 12.2. The van der Waals surface area contributed by atoms with Gasteiger partial charge in [0, 0.05) is 31.7 Å². The normalized spacial score (nSPS) is 30.6. The van der Waals surface area contributed by atoms with Gasteiger partial charge in [-0.2, -0.15) is 0 Å². The van der Waals surface area contributed by atoms with Gasteiger partial charge in [0.15, 0.2) is 11.6 Å². The van der Waals surface area contributed by atoms with Crippen LogP contribution in [-0.2, 0) is 6.54 Å². The molecule has 1 saturated heterocycles. The van der Waals surface area contributed by atoms with Crippen LogP contribution < -0.4 is 5.32 Å². The zero-order valence-electron chi connectivity index (χ0n) is 12.2. The average molecular weight is 292 g/mol. The Hall–Kier alpha value is -1.00. The van der Waals surface area contributed by atoms with Crippen molar-refractivity contribution in [1.29, 1.82) is 0 Å². The molecular formula is C17H22F2N2. The fraction of sp³-hybridized carbons (Fsp3) is 0.647. The third-order valence-electron chi connectivity index (χ3n) is 5.22. The minimum Gasteiger partial charge on any atom is -0.311 e. The van der Waals surface area contributed by atoms with Gasteiger partial charge in [0.1, 0.15) is 0 Å². The van der Waals surface area contributed by atoms with E-state index in [0.717, 1.165) is 37.0 Å². The van der Waals surface area contributed by atoms with Gasteiger partial charge in [-0.05, 0) is 55.2 Å². The molecule has 114 valence electrons. The predicted molar refractivity (Wildman–Crippen MR) is 77.8 cm³/mol. The summed E-state index contributed by atoms with van der Waals surface area (Å²) >= 11 is 0. The number of hydrogen-bond acceptors (Lipinski definition) is 2. The number of hydrogen-bond donors (Lipinski definition) is 1. The van der Waals surface area contributed by atoms with E-state index in [-0.39, 0.29) is 0 Å². The van der Waals surface area contributed by atoms with Crippen molar-refractivity contribution >= 4 is 0 Å². The topological polar surface area (TPSA) is 15.3 Å². The van der Waals surface area contributed by atoms with Gasteiger partial charge < -0.3 is 5.32 Å². The van der Waals surface area contributed by atoms with E-state index in [4.69, 9.17) is 0 Å². The first kappa shape index (κ1) is 13.6. The Morgan fingerprint density at radius 2 is 1.81 bits per heavy atom. The van der Waals surface area contributed by atoms with Gasteiger partial charge in [0.05, 0.1) is 0 Å². The summed E-state index contributed by atoms with van der Waals surface area (Å²) in [4.78, 5) is 2.50. The number of nitrogens with one attached hydrogen (secondary N) is 1. The molecule has 2 unspecified atom stereocenters. The van der Waals surface area contributed by atoms with E-state index in [1.165, 1.54) is 37.8 Å². The van der Waals surface area contributed by atoms with E-state index in [0.29, 0.717) is 12.1 Å². The van der Waals surface area contributed by atoms with Crippen molar-refractivity contribution in [3.63, 3.8) is 0 Å². The van der Waals surface area contributed by atoms with Crippen molar-refractivity contribution in [2.45, 2.75) is 44.3 Å². The molecule has 0 amide bonds. The number of benzene rings is 1. The molecule has 4 heteroatoms. The van der Waals surface area contributed by atoms with Crippen LogP contribution in [0.2, 0.25) is 0 Å². The molecule has 1 aromatic rings. The SMILES string of the molecule is Fc1ccc(CN2CC(C3CC3)NCC2C2CC2)cc1F. The van der Waals surface area contributed by atoms with E-state index in [9.17, 15) is 8.78 Å². The molecule has 1 heterocycles. The van der Waals surface area contributed by atoms with E-state index < -0.39 is 11.6 Å². The summed E-state index contributed by atoms with van der Waals surface area (Å²) in [5, 5.41) is 3.71. The van der Waals surface area contributed by atoms with Gasteiger partial charge in [0.2, 0.25) is 0 Å². The Morgan fingerprint density at radius 3 is 2.48 bits per heavy atom. The lowest BCUT2D eigenvalue weighted by Gasteiger charge is -2.41. The van der Waals surface area contributed by atoms with Crippen LogP contribution in [0.15, 0.2) is 18.2 Å². The molecule has 1 aromatic carbocycles. The summed E-state index contributed by atoms with van der Waals surface area (Å²) < 4.78 is 26.5. The molecule has 0 bridgehead atoms. The molecule has 2 nitrogen and oxygen atoms in total. The number of rotatable bonds is 4. The van der Waals surface area contributed by atoms with Gasteiger partial charge in [0.25, 0.3) is 0 Å². The zero-order chi connectivity index (χ0) is 14.4. The van der Waals surface area contributed by atoms with Gasteiger partial charge in [-0.15, -0.1) is 0 Å². The van der Waals surface area contributed by atoms with Crippen molar-refractivity contribution in [1.82, 2.24) is 10.2 Å². The Morgan fingerprint density at radius 1 is 1.05 bits per heavy atom. The van der Waals surface area contributed by atoms with E-state index >= 15 is 0 Å². The third kappa shape index (κ3) is 2.97. The van der Waals surface area contributed by atoms with Crippen molar-refractivity contribution in [3.8, 4) is 0 Å². The van der Waals surface area contributed by atoms with Crippen LogP contribution >= 0.6 is 0 Å². The smallest absolute Gasteiger partial charge is 0.159 e. The summed E-state index contributed by atoms with van der Waals surface area (Å²) in [6.07, 6.45) is 5.30. The minimum atomic E-state index is -0.756. The van der Waals surface area contributed by atoms with Crippen LogP contribution in [0.25, 0.3) is 0 Å². The monoisotopic (exact) mass is 292 g/mol. The molecule has 2 aliphatic carbocycles. The molecular weight excluding hydrogens is 270 g/mol. The Bertz CT molecular complexity index is 526. The van der Waals surface area contributed by atoms with Crippen LogP contribution in [-0.4, -0.2) is 30.1 Å². The van der Waals surface area contributed by atoms with Crippen molar-refractivity contribution in [3.05, 3.63) is 35.4 Å². The van der Waals surface area contributed by atoms with E-state index in [1.807, 2.05) is 0 Å². The fourth-order valence-electron chi connectivity index (χ4n) is 3.67. The average Bonchev–Trinajstić information content (AvgIpc) is 3.36. The van der Waals surface area contributed by atoms with Crippen LogP contribution in [0.4, 0.5) is 8.78 Å². The number of nitrogens with zero attached hydrogens (tertiary/aromatic N) is 1. The van der Waals surface area contributed by atoms with Crippen LogP contribution in [0.1, 0.15) is 31.2 Å². The first-order valence-corrected chi connectivity index (χ1v) is 8.12. The molecule has 0 radical (unpaired) electrons. The van der Waals surface area contributed by atoms with Gasteiger partial charge in [-0.25, -0.2) is 8.78 Å². The maximum absolute atomic E-state index is 13.4. The molecule has 4 rings (SSSR count). The van der Waals surface area contributed by atoms with E-state index in [1.54, 1.807) is 6.07 Å². The lowest BCUT2D eigenvalue weighted by Crippen LogP contribution is -2.57. The highest BCUT2D eigenvalue weighted by atomic mass is 19.2. The highest BCUT2D eigenvalue weighted by Crippen LogP contribution is 2.40. The second-order valence-electron chi connectivity index (χ2n) is 6.93. The summed E-state index contributed by atoms with van der Waals surface area (Å²) in [5.41, 5.74) is 0.885. The summed E-state index contributed by atoms with van der Waals surface area (Å²) in [7, 11) is 0. The summed E-state index contributed by atoms with van der Waals surface area (Å²) in [6.45, 7) is 2.84. The molecule has 0 spiro atoms. The van der Waals surface area contributed by atoms with Gasteiger partial charge in [-0.1, -0.05) is 6.07 Å². The molecule has 3 aliphatic rings. The molecule has 1 aliphatic heterocycles. The summed E-state index contributed by atoms with van der Waals surface area (Å²) in [5.74, 6) is 0.138. The fourth-order valence-corrected chi connectivity index (χ4v) is 3.67. The quantitative estimate of drug-likeness (QED) is 0.918. The van der Waals surface area contributed by atoms with Crippen molar-refractivity contribution < 1.29 is 8.78 Å².